The van der Waals surface area contributed by atoms with Crippen LogP contribution in [0.1, 0.15) is 43.6 Å². The number of benzene rings is 2. The van der Waals surface area contributed by atoms with Gasteiger partial charge >= 0.3 is 12.2 Å². The van der Waals surface area contributed by atoms with Gasteiger partial charge in [0.2, 0.25) is 0 Å². The lowest BCUT2D eigenvalue weighted by Crippen LogP contribution is -2.60. The van der Waals surface area contributed by atoms with Gasteiger partial charge in [0.1, 0.15) is 11.9 Å². The van der Waals surface area contributed by atoms with Crippen LogP contribution in [0.3, 0.4) is 0 Å². The summed E-state index contributed by atoms with van der Waals surface area (Å²) in [6.07, 6.45) is -6.34. The highest BCUT2D eigenvalue weighted by molar-refractivity contribution is 6.30. The van der Waals surface area contributed by atoms with Crippen LogP contribution < -0.4 is 5.32 Å². The Balaban J connectivity index is 1.85. The first-order valence-electron chi connectivity index (χ1n) is 9.68. The summed E-state index contributed by atoms with van der Waals surface area (Å²) in [6.45, 7) is 6.01. The smallest absolute Gasteiger partial charge is 0.362 e. The monoisotopic (exact) mass is 458 g/mol. The van der Waals surface area contributed by atoms with E-state index in [4.69, 9.17) is 16.3 Å². The normalized spacial score (nSPS) is 16.1. The predicted molar refractivity (Wildman–Crippen MR) is 109 cm³/mol. The second-order valence-electron chi connectivity index (χ2n) is 8.50. The van der Waals surface area contributed by atoms with Crippen LogP contribution in [0.25, 0.3) is 0 Å². The highest BCUT2D eigenvalue weighted by Gasteiger charge is 2.39. The second-order valence-corrected chi connectivity index (χ2v) is 8.94. The van der Waals surface area contributed by atoms with Gasteiger partial charge in [-0.1, -0.05) is 29.8 Å². The van der Waals surface area contributed by atoms with Gasteiger partial charge in [-0.3, -0.25) is 0 Å². The van der Waals surface area contributed by atoms with E-state index in [0.29, 0.717) is 16.7 Å². The Morgan fingerprint density at radius 1 is 1.13 bits per heavy atom. The molecule has 1 N–H and O–H groups in total. The van der Waals surface area contributed by atoms with Gasteiger partial charge in [0.15, 0.2) is 0 Å². The van der Waals surface area contributed by atoms with E-state index in [1.54, 1.807) is 24.3 Å². The highest BCUT2D eigenvalue weighted by atomic mass is 35.5. The number of halogens is 5. The molecule has 168 valence electrons. The predicted octanol–water partition coefficient (Wildman–Crippen LogP) is 5.80. The van der Waals surface area contributed by atoms with Gasteiger partial charge in [-0.15, -0.1) is 0 Å². The van der Waals surface area contributed by atoms with Crippen LogP contribution in [0.4, 0.5) is 22.4 Å². The largest absolute Gasteiger partial charge is 0.416 e. The Labute approximate surface area is 183 Å². The summed E-state index contributed by atoms with van der Waals surface area (Å²) in [7, 11) is 0. The molecule has 31 heavy (non-hydrogen) atoms. The van der Waals surface area contributed by atoms with Gasteiger partial charge in [-0.2, -0.15) is 13.2 Å². The maximum atomic E-state index is 13.6. The maximum Gasteiger partial charge on any atom is 0.416 e. The van der Waals surface area contributed by atoms with Crippen molar-refractivity contribution in [2.75, 3.05) is 13.1 Å². The molecule has 1 fully saturated rings. The molecule has 2 amide bonds. The van der Waals surface area contributed by atoms with E-state index in [-0.39, 0.29) is 24.7 Å². The van der Waals surface area contributed by atoms with Crippen molar-refractivity contribution >= 4 is 17.6 Å². The van der Waals surface area contributed by atoms with Gasteiger partial charge in [0.05, 0.1) is 24.8 Å². The molecule has 1 unspecified atom stereocenters. The van der Waals surface area contributed by atoms with Crippen molar-refractivity contribution in [1.82, 2.24) is 10.2 Å². The number of likely N-dealkylation sites (tertiary alicyclic amines) is 1. The minimum atomic E-state index is -4.76. The molecule has 1 aliphatic heterocycles. The fourth-order valence-electron chi connectivity index (χ4n) is 3.25. The molecule has 1 heterocycles. The van der Waals surface area contributed by atoms with E-state index in [2.05, 4.69) is 5.32 Å². The van der Waals surface area contributed by atoms with Crippen LogP contribution in [0.5, 0.6) is 0 Å². The molecule has 1 atom stereocenters. The lowest BCUT2D eigenvalue weighted by molar-refractivity contribution is -0.140. The van der Waals surface area contributed by atoms with Gasteiger partial charge in [0.25, 0.3) is 0 Å². The summed E-state index contributed by atoms with van der Waals surface area (Å²) < 4.78 is 60.5. The molecule has 0 aromatic heterocycles. The maximum absolute atomic E-state index is 13.6. The van der Waals surface area contributed by atoms with E-state index < -0.39 is 35.3 Å². The van der Waals surface area contributed by atoms with Crippen molar-refractivity contribution in [3.05, 3.63) is 70.0 Å². The van der Waals surface area contributed by atoms with E-state index >= 15 is 0 Å². The molecular weight excluding hydrogens is 436 g/mol. The molecular formula is C22H23ClF4N2O2. The van der Waals surface area contributed by atoms with Crippen LogP contribution >= 0.6 is 11.6 Å². The zero-order valence-corrected chi connectivity index (χ0v) is 18.0. The molecule has 0 bridgehead atoms. The number of ether oxygens (including phenoxy) is 1. The van der Waals surface area contributed by atoms with Crippen molar-refractivity contribution in [3.63, 3.8) is 0 Å². The van der Waals surface area contributed by atoms with E-state index in [1.807, 2.05) is 20.8 Å². The number of nitrogens with zero attached hydrogens (tertiary/aromatic N) is 1. The Kier molecular flexibility index (Phi) is 6.53. The minimum absolute atomic E-state index is 0.200. The molecule has 0 saturated carbocycles. The Hall–Kier alpha value is -2.32. The Bertz CT molecular complexity index is 936. The summed E-state index contributed by atoms with van der Waals surface area (Å²) in [5.41, 5.74) is -1.27. The molecule has 2 aromatic carbocycles. The Morgan fingerprint density at radius 3 is 2.29 bits per heavy atom. The number of nitrogens with one attached hydrogen (secondary N) is 1. The highest BCUT2D eigenvalue weighted by Crippen LogP contribution is 2.40. The topological polar surface area (TPSA) is 41.6 Å². The molecule has 9 heteroatoms. The number of alkyl halides is 3. The summed E-state index contributed by atoms with van der Waals surface area (Å²) in [6, 6.07) is 8.49. The van der Waals surface area contributed by atoms with Gasteiger partial charge < -0.3 is 15.0 Å². The van der Waals surface area contributed by atoms with E-state index in [1.165, 1.54) is 4.90 Å². The van der Waals surface area contributed by atoms with Crippen LogP contribution in [-0.4, -0.2) is 35.7 Å². The average Bonchev–Trinajstić information content (AvgIpc) is 2.60. The third-order valence-corrected chi connectivity index (χ3v) is 4.97. The summed E-state index contributed by atoms with van der Waals surface area (Å²) in [4.78, 5) is 13.7. The molecule has 0 spiro atoms. The number of urea groups is 1. The lowest BCUT2D eigenvalue weighted by Gasteiger charge is -2.42. The van der Waals surface area contributed by atoms with E-state index in [9.17, 15) is 22.4 Å². The SMILES string of the molecule is CC(C)(C)NC(=O)N1CC(OC(c2ccc(Cl)cc2)c2ccc(F)cc2C(F)(F)F)C1. The number of carbonyl (C=O) groups excluding carboxylic acids is 1. The fraction of sp³-hybridized carbons (Fsp3) is 0.409. The van der Waals surface area contributed by atoms with Crippen LogP contribution in [0.2, 0.25) is 5.02 Å². The van der Waals surface area contributed by atoms with Crippen molar-refractivity contribution < 1.29 is 27.1 Å². The molecule has 2 aromatic rings. The van der Waals surface area contributed by atoms with Crippen LogP contribution in [-0.2, 0) is 10.9 Å². The number of carbonyl (C=O) groups is 1. The lowest BCUT2D eigenvalue weighted by atomic mass is 9.95. The van der Waals surface area contributed by atoms with Crippen molar-refractivity contribution in [2.45, 2.75) is 44.7 Å². The summed E-state index contributed by atoms with van der Waals surface area (Å²) in [5.74, 6) is -0.986. The first kappa shape index (κ1) is 23.3. The minimum Gasteiger partial charge on any atom is -0.362 e. The van der Waals surface area contributed by atoms with Crippen molar-refractivity contribution in [2.24, 2.45) is 0 Å². The Morgan fingerprint density at radius 2 is 1.74 bits per heavy atom. The standard InChI is InChI=1S/C22H23ClF4N2O2/c1-21(2,3)28-20(30)29-11-16(12-29)31-19(13-4-6-14(23)7-5-13)17-9-8-15(24)10-18(17)22(25,26)27/h4-10,16,19H,11-12H2,1-3H3,(H,28,30). The molecule has 0 radical (unpaired) electrons. The number of amides is 2. The van der Waals surface area contributed by atoms with Gasteiger partial charge in [0, 0.05) is 10.6 Å². The quantitative estimate of drug-likeness (QED) is 0.589. The number of hydrogen-bond donors (Lipinski definition) is 1. The number of rotatable bonds is 4. The molecule has 0 aliphatic carbocycles. The van der Waals surface area contributed by atoms with Crippen molar-refractivity contribution in [3.8, 4) is 0 Å². The fourth-order valence-corrected chi connectivity index (χ4v) is 3.38. The van der Waals surface area contributed by atoms with Gasteiger partial charge in [-0.25, -0.2) is 9.18 Å². The molecule has 1 saturated heterocycles. The first-order chi connectivity index (χ1) is 14.3. The zero-order chi connectivity index (χ0) is 23.0. The molecule has 3 rings (SSSR count). The number of hydrogen-bond acceptors (Lipinski definition) is 2. The third-order valence-electron chi connectivity index (χ3n) is 4.72. The first-order valence-corrected chi connectivity index (χ1v) is 10.1. The van der Waals surface area contributed by atoms with E-state index in [0.717, 1.165) is 12.1 Å². The van der Waals surface area contributed by atoms with Crippen molar-refractivity contribution in [1.29, 1.82) is 0 Å². The van der Waals surface area contributed by atoms with Crippen LogP contribution in [0, 0.1) is 5.82 Å². The summed E-state index contributed by atoms with van der Waals surface area (Å²) in [5, 5.41) is 3.25. The average molecular weight is 459 g/mol. The second kappa shape index (κ2) is 8.67. The van der Waals surface area contributed by atoms with Gasteiger partial charge in [-0.05, 0) is 56.2 Å². The molecule has 4 nitrogen and oxygen atoms in total. The third kappa shape index (κ3) is 5.89. The van der Waals surface area contributed by atoms with Crippen LogP contribution in [0.15, 0.2) is 42.5 Å². The zero-order valence-electron chi connectivity index (χ0n) is 17.3. The summed E-state index contributed by atoms with van der Waals surface area (Å²) >= 11 is 5.92. The molecule has 1 aliphatic rings.